The number of rotatable bonds is 6. The molecule has 2 N–H and O–H groups in total. The van der Waals surface area contributed by atoms with Crippen molar-refractivity contribution in [2.45, 2.75) is 13.8 Å². The van der Waals surface area contributed by atoms with E-state index in [0.29, 0.717) is 11.4 Å². The van der Waals surface area contributed by atoms with E-state index in [4.69, 9.17) is 9.84 Å². The maximum absolute atomic E-state index is 13.1. The number of ether oxygens (including phenoxy) is 1. The van der Waals surface area contributed by atoms with Crippen LogP contribution in [0.3, 0.4) is 0 Å². The summed E-state index contributed by atoms with van der Waals surface area (Å²) in [5.41, 5.74) is 3.30. The number of nitrogens with one attached hydrogen (secondary N) is 1. The van der Waals surface area contributed by atoms with E-state index < -0.39 is 30.3 Å². The molecule has 0 aromatic heterocycles. The molecule has 8 nitrogen and oxygen atoms in total. The number of carboxylic acid groups (broad SMARTS) is 1. The third-order valence-electron chi connectivity index (χ3n) is 5.42. The molecule has 0 fully saturated rings. The van der Waals surface area contributed by atoms with Crippen molar-refractivity contribution in [1.29, 1.82) is 0 Å². The first-order valence-corrected chi connectivity index (χ1v) is 10.1. The number of amides is 3. The number of fused-ring (bicyclic) bond motifs is 1. The number of carbonyl (C=O) groups excluding carboxylic acids is 3. The average molecular weight is 444 g/mol. The highest BCUT2D eigenvalue weighted by molar-refractivity contribution is 6.35. The van der Waals surface area contributed by atoms with E-state index in [1.807, 2.05) is 19.9 Å². The summed E-state index contributed by atoms with van der Waals surface area (Å²) in [5.74, 6) is -2.23. The van der Waals surface area contributed by atoms with Crippen molar-refractivity contribution in [3.63, 3.8) is 0 Å². The van der Waals surface area contributed by atoms with Gasteiger partial charge in [-0.3, -0.25) is 14.4 Å². The van der Waals surface area contributed by atoms with Gasteiger partial charge in [-0.1, -0.05) is 18.2 Å². The largest absolute Gasteiger partial charge is 0.482 e. The second-order valence-electron chi connectivity index (χ2n) is 7.59. The molecule has 0 atom stereocenters. The van der Waals surface area contributed by atoms with Crippen LogP contribution < -0.4 is 15.0 Å². The Bertz CT molecular complexity index is 1310. The molecule has 8 heteroatoms. The first-order valence-electron chi connectivity index (χ1n) is 10.1. The minimum atomic E-state index is -1.11. The minimum Gasteiger partial charge on any atom is -0.482 e. The molecule has 0 unspecified atom stereocenters. The number of hydrogen-bond donors (Lipinski definition) is 2. The van der Waals surface area contributed by atoms with Gasteiger partial charge in [-0.05, 0) is 61.4 Å². The molecule has 3 amide bonds. The average Bonchev–Trinajstić information content (AvgIpc) is 3.04. The molecule has 1 heterocycles. The summed E-state index contributed by atoms with van der Waals surface area (Å²) in [4.78, 5) is 50.6. The normalized spacial score (nSPS) is 12.5. The zero-order valence-electron chi connectivity index (χ0n) is 17.9. The predicted octanol–water partition coefficient (Wildman–Crippen LogP) is 3.82. The van der Waals surface area contributed by atoms with Crippen LogP contribution in [0.25, 0.3) is 0 Å². The lowest BCUT2D eigenvalue weighted by Gasteiger charge is -2.17. The Kier molecular flexibility index (Phi) is 5.66. The predicted molar refractivity (Wildman–Crippen MR) is 121 cm³/mol. The molecule has 0 saturated carbocycles. The molecular formula is C25H20N2O6. The number of carboxylic acids is 1. The molecule has 33 heavy (non-hydrogen) atoms. The second kappa shape index (κ2) is 8.58. The lowest BCUT2D eigenvalue weighted by Crippen LogP contribution is -2.30. The van der Waals surface area contributed by atoms with Crippen molar-refractivity contribution in [3.05, 3.63) is 88.5 Å². The van der Waals surface area contributed by atoms with Gasteiger partial charge in [0.2, 0.25) is 0 Å². The summed E-state index contributed by atoms with van der Waals surface area (Å²) < 4.78 is 5.12. The van der Waals surface area contributed by atoms with Crippen LogP contribution in [0.1, 0.15) is 42.2 Å². The molecular weight excluding hydrogens is 424 g/mol. The maximum atomic E-state index is 13.1. The maximum Gasteiger partial charge on any atom is 0.341 e. The van der Waals surface area contributed by atoms with Crippen LogP contribution in [0.4, 0.5) is 11.4 Å². The fourth-order valence-corrected chi connectivity index (χ4v) is 3.59. The standard InChI is InChI=1S/C25H20N2O6/c1-14-5-3-8-21(15(14)2)27-24(31)19-10-9-16(11-20(19)25(27)32)23(30)26-17-6-4-7-18(12-17)33-13-22(28)29/h3-12H,13H2,1-2H3,(H,26,30)(H,28,29). The monoisotopic (exact) mass is 444 g/mol. The van der Waals surface area contributed by atoms with E-state index in [1.165, 1.54) is 24.3 Å². The van der Waals surface area contributed by atoms with E-state index >= 15 is 0 Å². The van der Waals surface area contributed by atoms with E-state index in [0.717, 1.165) is 16.0 Å². The van der Waals surface area contributed by atoms with E-state index in [2.05, 4.69) is 5.32 Å². The Balaban J connectivity index is 1.57. The Labute approximate surface area is 189 Å². The van der Waals surface area contributed by atoms with Crippen LogP contribution in [0.15, 0.2) is 60.7 Å². The van der Waals surface area contributed by atoms with Gasteiger partial charge in [-0.25, -0.2) is 9.69 Å². The molecule has 1 aliphatic rings. The highest BCUT2D eigenvalue weighted by Crippen LogP contribution is 2.32. The van der Waals surface area contributed by atoms with Gasteiger partial charge in [-0.15, -0.1) is 0 Å². The molecule has 3 aromatic rings. The van der Waals surface area contributed by atoms with Crippen LogP contribution in [-0.2, 0) is 4.79 Å². The number of aliphatic carboxylic acids is 1. The van der Waals surface area contributed by atoms with Gasteiger partial charge in [0.1, 0.15) is 5.75 Å². The third-order valence-corrected chi connectivity index (χ3v) is 5.42. The summed E-state index contributed by atoms with van der Waals surface area (Å²) in [6, 6.07) is 16.1. The van der Waals surface area contributed by atoms with Crippen molar-refractivity contribution in [1.82, 2.24) is 0 Å². The minimum absolute atomic E-state index is 0.159. The van der Waals surface area contributed by atoms with Gasteiger partial charge < -0.3 is 15.2 Å². The Morgan fingerprint density at radius 2 is 1.67 bits per heavy atom. The quantitative estimate of drug-likeness (QED) is 0.559. The topological polar surface area (TPSA) is 113 Å². The van der Waals surface area contributed by atoms with Gasteiger partial charge in [0.05, 0.1) is 16.8 Å². The van der Waals surface area contributed by atoms with Crippen LogP contribution in [0.5, 0.6) is 5.75 Å². The molecule has 1 aliphatic heterocycles. The molecule has 3 aromatic carbocycles. The second-order valence-corrected chi connectivity index (χ2v) is 7.59. The number of benzene rings is 3. The molecule has 0 saturated heterocycles. The smallest absolute Gasteiger partial charge is 0.341 e. The summed E-state index contributed by atoms with van der Waals surface area (Å²) in [6.45, 7) is 3.25. The molecule has 0 aliphatic carbocycles. The molecule has 0 radical (unpaired) electrons. The van der Waals surface area contributed by atoms with Crippen molar-refractivity contribution < 1.29 is 29.0 Å². The fraction of sp³-hybridized carbons (Fsp3) is 0.120. The van der Waals surface area contributed by atoms with Crippen molar-refractivity contribution in [2.75, 3.05) is 16.8 Å². The Hall–Kier alpha value is -4.46. The van der Waals surface area contributed by atoms with Gasteiger partial charge >= 0.3 is 5.97 Å². The fourth-order valence-electron chi connectivity index (χ4n) is 3.59. The lowest BCUT2D eigenvalue weighted by molar-refractivity contribution is -0.139. The number of carbonyl (C=O) groups is 4. The van der Waals surface area contributed by atoms with Crippen molar-refractivity contribution in [2.24, 2.45) is 0 Å². The van der Waals surface area contributed by atoms with Crippen molar-refractivity contribution in [3.8, 4) is 5.75 Å². The Morgan fingerprint density at radius 1 is 0.939 bits per heavy atom. The zero-order chi connectivity index (χ0) is 23.7. The number of anilines is 2. The highest BCUT2D eigenvalue weighted by Gasteiger charge is 2.37. The van der Waals surface area contributed by atoms with E-state index in [9.17, 15) is 19.2 Å². The molecule has 0 bridgehead atoms. The van der Waals surface area contributed by atoms with Crippen LogP contribution in [-0.4, -0.2) is 35.4 Å². The van der Waals surface area contributed by atoms with Gasteiger partial charge in [0, 0.05) is 17.3 Å². The highest BCUT2D eigenvalue weighted by atomic mass is 16.5. The zero-order valence-corrected chi connectivity index (χ0v) is 17.9. The first-order chi connectivity index (χ1) is 15.8. The van der Waals surface area contributed by atoms with E-state index in [1.54, 1.807) is 30.3 Å². The van der Waals surface area contributed by atoms with Gasteiger partial charge in [0.15, 0.2) is 6.61 Å². The summed E-state index contributed by atoms with van der Waals surface area (Å²) in [5, 5.41) is 11.4. The number of hydrogen-bond acceptors (Lipinski definition) is 5. The first kappa shape index (κ1) is 21.8. The Morgan fingerprint density at radius 3 is 2.42 bits per heavy atom. The van der Waals surface area contributed by atoms with Crippen LogP contribution in [0, 0.1) is 13.8 Å². The summed E-state index contributed by atoms with van der Waals surface area (Å²) in [7, 11) is 0. The summed E-state index contributed by atoms with van der Waals surface area (Å²) >= 11 is 0. The number of imide groups is 1. The van der Waals surface area contributed by atoms with Crippen LogP contribution >= 0.6 is 0 Å². The molecule has 166 valence electrons. The third kappa shape index (κ3) is 4.18. The SMILES string of the molecule is Cc1cccc(N2C(=O)c3ccc(C(=O)Nc4cccc(OCC(=O)O)c4)cc3C2=O)c1C. The number of nitrogens with zero attached hydrogens (tertiary/aromatic N) is 1. The van der Waals surface area contributed by atoms with E-state index in [-0.39, 0.29) is 22.4 Å². The lowest BCUT2D eigenvalue weighted by atomic mass is 10.1. The van der Waals surface area contributed by atoms with Gasteiger partial charge in [-0.2, -0.15) is 0 Å². The summed E-state index contributed by atoms with van der Waals surface area (Å²) in [6.07, 6.45) is 0. The number of aryl methyl sites for hydroxylation is 1. The van der Waals surface area contributed by atoms with Crippen molar-refractivity contribution >= 4 is 35.1 Å². The molecule has 4 rings (SSSR count). The van der Waals surface area contributed by atoms with Crippen LogP contribution in [0.2, 0.25) is 0 Å². The molecule has 0 spiro atoms. The van der Waals surface area contributed by atoms with Gasteiger partial charge in [0.25, 0.3) is 17.7 Å².